The Morgan fingerprint density at radius 2 is 2.05 bits per heavy atom. The number of hydrogen-bond acceptors (Lipinski definition) is 5. The first-order valence-electron chi connectivity index (χ1n) is 6.56. The summed E-state index contributed by atoms with van der Waals surface area (Å²) in [4.78, 5) is 16.1. The van der Waals surface area contributed by atoms with E-state index in [0.29, 0.717) is 23.9 Å². The predicted molar refractivity (Wildman–Crippen MR) is 78.3 cm³/mol. The molecule has 0 aliphatic carbocycles. The SMILES string of the molecule is CNC(=O)Nc1ccc(OCOC2=NOCC2(C)C)cc1. The van der Waals surface area contributed by atoms with Gasteiger partial charge in [0.25, 0.3) is 0 Å². The van der Waals surface area contributed by atoms with E-state index < -0.39 is 0 Å². The molecule has 2 rings (SSSR count). The van der Waals surface area contributed by atoms with Gasteiger partial charge in [0.15, 0.2) is 0 Å². The van der Waals surface area contributed by atoms with Crippen LogP contribution in [-0.2, 0) is 9.57 Å². The highest BCUT2D eigenvalue weighted by atomic mass is 16.7. The van der Waals surface area contributed by atoms with Gasteiger partial charge in [0.2, 0.25) is 12.7 Å². The first-order chi connectivity index (χ1) is 10.0. The second-order valence-corrected chi connectivity index (χ2v) is 5.19. The van der Waals surface area contributed by atoms with Gasteiger partial charge in [-0.25, -0.2) is 4.79 Å². The van der Waals surface area contributed by atoms with Crippen LogP contribution < -0.4 is 15.4 Å². The molecule has 1 aromatic carbocycles. The third-order valence-electron chi connectivity index (χ3n) is 2.91. The van der Waals surface area contributed by atoms with E-state index in [0.717, 1.165) is 0 Å². The van der Waals surface area contributed by atoms with Gasteiger partial charge in [-0.15, -0.1) is 0 Å². The van der Waals surface area contributed by atoms with Crippen LogP contribution in [0.4, 0.5) is 10.5 Å². The van der Waals surface area contributed by atoms with Crippen molar-refractivity contribution in [2.75, 3.05) is 25.8 Å². The van der Waals surface area contributed by atoms with Gasteiger partial charge >= 0.3 is 6.03 Å². The molecule has 0 atom stereocenters. The molecule has 0 aromatic heterocycles. The molecule has 1 aliphatic heterocycles. The highest BCUT2D eigenvalue weighted by Gasteiger charge is 2.33. The zero-order chi connectivity index (χ0) is 15.3. The van der Waals surface area contributed by atoms with Crippen LogP contribution in [0.25, 0.3) is 0 Å². The number of hydrogen-bond donors (Lipinski definition) is 2. The smallest absolute Gasteiger partial charge is 0.318 e. The van der Waals surface area contributed by atoms with Crippen LogP contribution in [0.1, 0.15) is 13.8 Å². The van der Waals surface area contributed by atoms with Crippen LogP contribution >= 0.6 is 0 Å². The summed E-state index contributed by atoms with van der Waals surface area (Å²) in [5.41, 5.74) is 0.447. The van der Waals surface area contributed by atoms with E-state index in [1.54, 1.807) is 31.3 Å². The molecule has 1 heterocycles. The monoisotopic (exact) mass is 293 g/mol. The van der Waals surface area contributed by atoms with E-state index >= 15 is 0 Å². The van der Waals surface area contributed by atoms with Crippen LogP contribution in [0.5, 0.6) is 5.75 Å². The molecule has 7 nitrogen and oxygen atoms in total. The molecule has 0 saturated heterocycles. The Morgan fingerprint density at radius 3 is 2.62 bits per heavy atom. The minimum atomic E-state index is -0.270. The van der Waals surface area contributed by atoms with Crippen molar-refractivity contribution in [3.63, 3.8) is 0 Å². The Labute approximate surface area is 123 Å². The van der Waals surface area contributed by atoms with Crippen LogP contribution in [0, 0.1) is 5.41 Å². The summed E-state index contributed by atoms with van der Waals surface area (Å²) in [7, 11) is 1.56. The zero-order valence-electron chi connectivity index (χ0n) is 12.3. The van der Waals surface area contributed by atoms with E-state index in [-0.39, 0.29) is 18.2 Å². The Balaban J connectivity index is 1.80. The number of rotatable bonds is 4. The lowest BCUT2D eigenvalue weighted by atomic mass is 9.96. The summed E-state index contributed by atoms with van der Waals surface area (Å²) in [5, 5.41) is 8.97. The summed E-state index contributed by atoms with van der Waals surface area (Å²) >= 11 is 0. The molecule has 114 valence electrons. The lowest BCUT2D eigenvalue weighted by molar-refractivity contribution is 0.0976. The van der Waals surface area contributed by atoms with E-state index in [1.807, 2.05) is 13.8 Å². The number of amides is 2. The Kier molecular flexibility index (Phi) is 4.52. The number of nitrogens with one attached hydrogen (secondary N) is 2. The molecule has 0 unspecified atom stereocenters. The van der Waals surface area contributed by atoms with Crippen molar-refractivity contribution in [2.24, 2.45) is 10.6 Å². The number of nitrogens with zero attached hydrogens (tertiary/aromatic N) is 1. The standard InChI is InChI=1S/C14H19N3O4/c1-14(2)8-21-17-12(14)20-9-19-11-6-4-10(5-7-11)16-13(18)15-3/h4-7H,8-9H2,1-3H3,(H2,15,16,18). The van der Waals surface area contributed by atoms with Crippen molar-refractivity contribution >= 4 is 17.6 Å². The second kappa shape index (κ2) is 6.34. The van der Waals surface area contributed by atoms with E-state index in [9.17, 15) is 4.79 Å². The quantitative estimate of drug-likeness (QED) is 0.834. The maximum atomic E-state index is 11.1. The van der Waals surface area contributed by atoms with Crippen molar-refractivity contribution < 1.29 is 19.1 Å². The molecular formula is C14H19N3O4. The Hall–Kier alpha value is -2.44. The average Bonchev–Trinajstić information content (AvgIpc) is 2.80. The number of anilines is 1. The number of carbonyl (C=O) groups excluding carboxylic acids is 1. The van der Waals surface area contributed by atoms with Gasteiger partial charge in [-0.05, 0) is 38.1 Å². The van der Waals surface area contributed by atoms with Crippen LogP contribution in [0.15, 0.2) is 29.4 Å². The lowest BCUT2D eigenvalue weighted by Crippen LogP contribution is -2.27. The molecule has 0 fully saturated rings. The Morgan fingerprint density at radius 1 is 1.33 bits per heavy atom. The molecule has 7 heteroatoms. The largest absolute Gasteiger partial charge is 0.457 e. The van der Waals surface area contributed by atoms with Gasteiger partial charge in [0, 0.05) is 12.7 Å². The molecule has 1 aliphatic rings. The molecule has 1 aromatic rings. The summed E-state index contributed by atoms with van der Waals surface area (Å²) in [6, 6.07) is 6.70. The van der Waals surface area contributed by atoms with Crippen LogP contribution in [-0.4, -0.2) is 32.4 Å². The number of ether oxygens (including phenoxy) is 2. The first-order valence-corrected chi connectivity index (χ1v) is 6.56. The Bertz CT molecular complexity index is 526. The van der Waals surface area contributed by atoms with E-state index in [4.69, 9.17) is 14.3 Å². The highest BCUT2D eigenvalue weighted by Crippen LogP contribution is 2.25. The van der Waals surface area contributed by atoms with E-state index in [1.165, 1.54) is 0 Å². The number of carbonyl (C=O) groups is 1. The number of benzene rings is 1. The summed E-state index contributed by atoms with van der Waals surface area (Å²) < 4.78 is 10.9. The van der Waals surface area contributed by atoms with Crippen LogP contribution in [0.2, 0.25) is 0 Å². The first kappa shape index (κ1) is 15.0. The molecule has 2 N–H and O–H groups in total. The topological polar surface area (TPSA) is 81.2 Å². The fourth-order valence-electron chi connectivity index (χ4n) is 1.64. The normalized spacial score (nSPS) is 15.7. The van der Waals surface area contributed by atoms with Gasteiger partial charge in [-0.1, -0.05) is 5.16 Å². The third kappa shape index (κ3) is 4.01. The van der Waals surface area contributed by atoms with Gasteiger partial charge in [0.1, 0.15) is 12.4 Å². The molecule has 21 heavy (non-hydrogen) atoms. The van der Waals surface area contributed by atoms with Gasteiger partial charge in [0.05, 0.1) is 5.41 Å². The highest BCUT2D eigenvalue weighted by molar-refractivity contribution is 5.89. The molecule has 0 radical (unpaired) electrons. The zero-order valence-corrected chi connectivity index (χ0v) is 12.3. The minimum Gasteiger partial charge on any atom is -0.457 e. The summed E-state index contributed by atoms with van der Waals surface area (Å²) in [6.45, 7) is 4.52. The van der Waals surface area contributed by atoms with Crippen molar-refractivity contribution in [3.05, 3.63) is 24.3 Å². The fourth-order valence-corrected chi connectivity index (χ4v) is 1.64. The molecule has 0 bridgehead atoms. The van der Waals surface area contributed by atoms with Gasteiger partial charge in [-0.3, -0.25) is 0 Å². The van der Waals surface area contributed by atoms with Crippen molar-refractivity contribution in [1.82, 2.24) is 5.32 Å². The molecule has 2 amide bonds. The third-order valence-corrected chi connectivity index (χ3v) is 2.91. The number of oxime groups is 1. The fraction of sp³-hybridized carbons (Fsp3) is 0.429. The van der Waals surface area contributed by atoms with E-state index in [2.05, 4.69) is 15.8 Å². The van der Waals surface area contributed by atoms with Crippen molar-refractivity contribution in [2.45, 2.75) is 13.8 Å². The molecule has 0 saturated carbocycles. The molecule has 0 spiro atoms. The minimum absolute atomic E-state index is 0.0494. The second-order valence-electron chi connectivity index (χ2n) is 5.19. The summed E-state index contributed by atoms with van der Waals surface area (Å²) in [5.74, 6) is 1.16. The average molecular weight is 293 g/mol. The maximum absolute atomic E-state index is 11.1. The van der Waals surface area contributed by atoms with Gasteiger partial charge < -0.3 is 24.9 Å². The predicted octanol–water partition coefficient (Wildman–Crippen LogP) is 2.16. The lowest BCUT2D eigenvalue weighted by Gasteiger charge is -2.17. The maximum Gasteiger partial charge on any atom is 0.318 e. The number of urea groups is 1. The van der Waals surface area contributed by atoms with Gasteiger partial charge in [-0.2, -0.15) is 0 Å². The van der Waals surface area contributed by atoms with Crippen LogP contribution in [0.3, 0.4) is 0 Å². The summed E-state index contributed by atoms with van der Waals surface area (Å²) in [6.07, 6.45) is 0. The van der Waals surface area contributed by atoms with Crippen molar-refractivity contribution in [3.8, 4) is 5.75 Å². The molecular weight excluding hydrogens is 274 g/mol. The van der Waals surface area contributed by atoms with Crippen molar-refractivity contribution in [1.29, 1.82) is 0 Å².